The van der Waals surface area contributed by atoms with E-state index < -0.39 is 0 Å². The Bertz CT molecular complexity index is 791. The molecule has 1 unspecified atom stereocenters. The van der Waals surface area contributed by atoms with Crippen LogP contribution in [0, 0.1) is 0 Å². The van der Waals surface area contributed by atoms with E-state index in [4.69, 9.17) is 9.73 Å². The topological polar surface area (TPSA) is 37.2 Å². The summed E-state index contributed by atoms with van der Waals surface area (Å²) in [4.78, 5) is 4.77. The molecule has 2 aromatic carbocycles. The molecule has 6 heteroatoms. The van der Waals surface area contributed by atoms with E-state index in [1.807, 2.05) is 41.6 Å². The molecule has 2 heterocycles. The number of hydrazone groups is 1. The molecular weight excluding hydrogens is 386 g/mol. The molecule has 1 atom stereocenters. The second-order valence-corrected chi connectivity index (χ2v) is 7.48. The Morgan fingerprint density at radius 1 is 1.17 bits per heavy atom. The smallest absolute Gasteiger partial charge is 0.185 e. The summed E-state index contributed by atoms with van der Waals surface area (Å²) in [7, 11) is 0. The highest BCUT2D eigenvalue weighted by molar-refractivity contribution is 9.10. The number of thioether (sulfide) groups is 1. The van der Waals surface area contributed by atoms with Gasteiger partial charge in [-0.2, -0.15) is 5.10 Å². The maximum absolute atomic E-state index is 5.78. The molecule has 122 valence electrons. The van der Waals surface area contributed by atoms with Crippen LogP contribution in [0.1, 0.15) is 18.0 Å². The highest BCUT2D eigenvalue weighted by atomic mass is 79.9. The van der Waals surface area contributed by atoms with Crippen LogP contribution in [0.15, 0.2) is 63.1 Å². The zero-order valence-corrected chi connectivity index (χ0v) is 15.3. The molecule has 2 aliphatic rings. The lowest BCUT2D eigenvalue weighted by molar-refractivity contribution is 0.343. The van der Waals surface area contributed by atoms with Gasteiger partial charge in [-0.05, 0) is 30.3 Å². The molecule has 0 radical (unpaired) electrons. The maximum Gasteiger partial charge on any atom is 0.185 e. The van der Waals surface area contributed by atoms with Crippen molar-refractivity contribution in [2.75, 3.05) is 12.4 Å². The van der Waals surface area contributed by atoms with E-state index in [1.54, 1.807) is 11.8 Å². The summed E-state index contributed by atoms with van der Waals surface area (Å²) in [5.41, 5.74) is 2.31. The van der Waals surface area contributed by atoms with Gasteiger partial charge in [0, 0.05) is 28.4 Å². The van der Waals surface area contributed by atoms with Gasteiger partial charge in [-0.25, -0.2) is 10.0 Å². The lowest BCUT2D eigenvalue weighted by Crippen LogP contribution is -2.28. The van der Waals surface area contributed by atoms with Gasteiger partial charge in [0.1, 0.15) is 5.75 Å². The van der Waals surface area contributed by atoms with Gasteiger partial charge in [-0.1, -0.05) is 45.9 Å². The molecule has 24 heavy (non-hydrogen) atoms. The van der Waals surface area contributed by atoms with Gasteiger partial charge in [0.05, 0.1) is 18.3 Å². The summed E-state index contributed by atoms with van der Waals surface area (Å²) in [6.07, 6.45) is 2.91. The van der Waals surface area contributed by atoms with Crippen molar-refractivity contribution in [3.63, 3.8) is 0 Å². The number of aliphatic imine (C=N–C) groups is 1. The minimum absolute atomic E-state index is 0.286. The molecular formula is C18H16BrN3OS. The highest BCUT2D eigenvalue weighted by Gasteiger charge is 2.32. The van der Waals surface area contributed by atoms with Gasteiger partial charge in [-0.3, -0.25) is 0 Å². The Hall–Kier alpha value is -1.79. The number of benzene rings is 2. The fourth-order valence-corrected chi connectivity index (χ4v) is 3.89. The predicted octanol–water partition coefficient (Wildman–Crippen LogP) is 5.00. The van der Waals surface area contributed by atoms with E-state index in [-0.39, 0.29) is 6.04 Å². The third-order valence-corrected chi connectivity index (χ3v) is 5.37. The standard InChI is InChI=1S/C18H16BrN3OS/c19-13-5-7-14(8-6-13)23-11-12-24-18-21-16-4-2-1-3-15(16)17-9-10-20-22(17)18/h1-8,10,17H,9,11-12H2. The van der Waals surface area contributed by atoms with Crippen LogP contribution in [0.3, 0.4) is 0 Å². The normalized spacial score (nSPS) is 18.1. The van der Waals surface area contributed by atoms with Gasteiger partial charge < -0.3 is 4.74 Å². The van der Waals surface area contributed by atoms with Crippen molar-refractivity contribution in [2.24, 2.45) is 10.1 Å². The van der Waals surface area contributed by atoms with Crippen molar-refractivity contribution in [1.29, 1.82) is 0 Å². The first-order chi connectivity index (χ1) is 11.8. The number of hydrogen-bond acceptors (Lipinski definition) is 5. The number of amidine groups is 1. The van der Waals surface area contributed by atoms with Gasteiger partial charge in [0.25, 0.3) is 0 Å². The molecule has 4 nitrogen and oxygen atoms in total. The molecule has 0 aliphatic carbocycles. The molecule has 0 bridgehead atoms. The number of nitrogens with zero attached hydrogens (tertiary/aromatic N) is 3. The fraction of sp³-hybridized carbons (Fsp3) is 0.222. The molecule has 0 saturated carbocycles. The Morgan fingerprint density at radius 2 is 2.00 bits per heavy atom. The van der Waals surface area contributed by atoms with E-state index in [0.29, 0.717) is 6.61 Å². The molecule has 0 saturated heterocycles. The lowest BCUT2D eigenvalue weighted by Gasteiger charge is -2.29. The van der Waals surface area contributed by atoms with Gasteiger partial charge in [-0.15, -0.1) is 0 Å². The second-order valence-electron chi connectivity index (χ2n) is 5.50. The van der Waals surface area contributed by atoms with Crippen molar-refractivity contribution >= 4 is 44.8 Å². The zero-order valence-electron chi connectivity index (χ0n) is 12.9. The van der Waals surface area contributed by atoms with Crippen LogP contribution in [0.25, 0.3) is 0 Å². The Labute approximate surface area is 153 Å². The first-order valence-electron chi connectivity index (χ1n) is 7.82. The first-order valence-corrected chi connectivity index (χ1v) is 9.59. The molecule has 2 aromatic rings. The molecule has 2 aliphatic heterocycles. The summed E-state index contributed by atoms with van der Waals surface area (Å²) in [5, 5.41) is 7.48. The maximum atomic E-state index is 5.78. The van der Waals surface area contributed by atoms with E-state index in [2.05, 4.69) is 39.2 Å². The van der Waals surface area contributed by atoms with Crippen LogP contribution in [0.5, 0.6) is 5.75 Å². The number of fused-ring (bicyclic) bond motifs is 3. The second kappa shape index (κ2) is 6.99. The number of rotatable bonds is 4. The summed E-state index contributed by atoms with van der Waals surface area (Å²) in [5.74, 6) is 1.71. The SMILES string of the molecule is Brc1ccc(OCCSC2=Nc3ccccc3C3CC=NN23)cc1. The van der Waals surface area contributed by atoms with E-state index in [1.165, 1.54) is 5.56 Å². The van der Waals surface area contributed by atoms with Crippen molar-refractivity contribution in [2.45, 2.75) is 12.5 Å². The van der Waals surface area contributed by atoms with Crippen LogP contribution in [-0.4, -0.2) is 28.8 Å². The molecule has 0 N–H and O–H groups in total. The monoisotopic (exact) mass is 401 g/mol. The minimum Gasteiger partial charge on any atom is -0.493 e. The average Bonchev–Trinajstić information content (AvgIpc) is 3.10. The fourth-order valence-electron chi connectivity index (χ4n) is 2.80. The van der Waals surface area contributed by atoms with Crippen molar-refractivity contribution in [3.8, 4) is 5.75 Å². The number of ether oxygens (including phenoxy) is 1. The summed E-state index contributed by atoms with van der Waals surface area (Å²) in [6, 6.07) is 16.5. The van der Waals surface area contributed by atoms with Gasteiger partial charge in [0.15, 0.2) is 5.17 Å². The van der Waals surface area contributed by atoms with Crippen LogP contribution >= 0.6 is 27.7 Å². The number of halogens is 1. The summed E-state index contributed by atoms with van der Waals surface area (Å²) in [6.45, 7) is 0.634. The Kier molecular flexibility index (Phi) is 4.58. The number of hydrogen-bond donors (Lipinski definition) is 0. The van der Waals surface area contributed by atoms with E-state index >= 15 is 0 Å². The Morgan fingerprint density at radius 3 is 2.88 bits per heavy atom. The van der Waals surface area contributed by atoms with E-state index in [0.717, 1.165) is 33.3 Å². The van der Waals surface area contributed by atoms with Crippen molar-refractivity contribution in [1.82, 2.24) is 5.01 Å². The van der Waals surface area contributed by atoms with Gasteiger partial charge >= 0.3 is 0 Å². The predicted molar refractivity (Wildman–Crippen MR) is 103 cm³/mol. The largest absolute Gasteiger partial charge is 0.493 e. The van der Waals surface area contributed by atoms with Crippen molar-refractivity contribution < 1.29 is 4.74 Å². The minimum atomic E-state index is 0.286. The first kappa shape index (κ1) is 15.7. The van der Waals surface area contributed by atoms with Crippen LogP contribution in [0.4, 0.5) is 5.69 Å². The molecule has 0 aromatic heterocycles. The highest BCUT2D eigenvalue weighted by Crippen LogP contribution is 2.40. The van der Waals surface area contributed by atoms with Crippen LogP contribution in [-0.2, 0) is 0 Å². The molecule has 4 rings (SSSR count). The third kappa shape index (κ3) is 3.21. The number of para-hydroxylation sites is 1. The summed E-state index contributed by atoms with van der Waals surface area (Å²) >= 11 is 5.11. The van der Waals surface area contributed by atoms with Crippen molar-refractivity contribution in [3.05, 3.63) is 58.6 Å². The van der Waals surface area contributed by atoms with Crippen LogP contribution < -0.4 is 4.74 Å². The summed E-state index contributed by atoms with van der Waals surface area (Å²) < 4.78 is 6.83. The van der Waals surface area contributed by atoms with Crippen LogP contribution in [0.2, 0.25) is 0 Å². The zero-order chi connectivity index (χ0) is 16.4. The molecule has 0 fully saturated rings. The molecule has 0 amide bonds. The Balaban J connectivity index is 1.40. The molecule has 0 spiro atoms. The average molecular weight is 402 g/mol. The third-order valence-electron chi connectivity index (χ3n) is 3.93. The van der Waals surface area contributed by atoms with Gasteiger partial charge in [0.2, 0.25) is 0 Å². The van der Waals surface area contributed by atoms with E-state index in [9.17, 15) is 0 Å². The quantitative estimate of drug-likeness (QED) is 0.676. The lowest BCUT2D eigenvalue weighted by atomic mass is 10.0.